The van der Waals surface area contributed by atoms with E-state index in [-0.39, 0.29) is 6.61 Å². The highest BCUT2D eigenvalue weighted by molar-refractivity contribution is 5.68. The van der Waals surface area contributed by atoms with Crippen LogP contribution in [0, 0.1) is 6.92 Å². The SMILES string of the molecule is Cc1cn(C2COC(CO)(CO)[C@H]2NC(=O)OC(C)(C)C)c(=O)[nH]c1=O. The van der Waals surface area contributed by atoms with Crippen LogP contribution in [0.4, 0.5) is 4.79 Å². The smallest absolute Gasteiger partial charge is 0.408 e. The van der Waals surface area contributed by atoms with Crippen molar-refractivity contribution >= 4 is 6.09 Å². The number of carbonyl (C=O) groups excluding carboxylic acids is 1. The summed E-state index contributed by atoms with van der Waals surface area (Å²) in [6.45, 7) is 5.37. The van der Waals surface area contributed by atoms with Gasteiger partial charge in [-0.3, -0.25) is 14.3 Å². The van der Waals surface area contributed by atoms with Crippen molar-refractivity contribution in [1.29, 1.82) is 0 Å². The zero-order chi connectivity index (χ0) is 19.7. The average molecular weight is 371 g/mol. The molecule has 2 heterocycles. The number of nitrogens with zero attached hydrogens (tertiary/aromatic N) is 1. The minimum Gasteiger partial charge on any atom is -0.444 e. The maximum atomic E-state index is 12.2. The Balaban J connectivity index is 2.42. The lowest BCUT2D eigenvalue weighted by atomic mass is 9.93. The summed E-state index contributed by atoms with van der Waals surface area (Å²) in [6.07, 6.45) is 0.572. The monoisotopic (exact) mass is 371 g/mol. The molecule has 0 radical (unpaired) electrons. The van der Waals surface area contributed by atoms with Crippen molar-refractivity contribution in [2.75, 3.05) is 19.8 Å². The van der Waals surface area contributed by atoms with Crippen LogP contribution in [-0.4, -0.2) is 62.9 Å². The maximum absolute atomic E-state index is 12.2. The van der Waals surface area contributed by atoms with Gasteiger partial charge < -0.3 is 25.0 Å². The normalized spacial score (nSPS) is 22.2. The van der Waals surface area contributed by atoms with E-state index in [1.807, 2.05) is 0 Å². The lowest BCUT2D eigenvalue weighted by Crippen LogP contribution is -2.58. The van der Waals surface area contributed by atoms with E-state index in [0.717, 1.165) is 0 Å². The third kappa shape index (κ3) is 3.97. The van der Waals surface area contributed by atoms with Gasteiger partial charge in [0.1, 0.15) is 11.2 Å². The van der Waals surface area contributed by atoms with Crippen LogP contribution < -0.4 is 16.6 Å². The first-order chi connectivity index (χ1) is 12.0. The van der Waals surface area contributed by atoms with Crippen molar-refractivity contribution in [3.8, 4) is 0 Å². The number of carbonyl (C=O) groups is 1. The Labute approximate surface area is 149 Å². The number of aromatic nitrogens is 2. The van der Waals surface area contributed by atoms with Crippen LogP contribution in [0.3, 0.4) is 0 Å². The van der Waals surface area contributed by atoms with Crippen molar-refractivity contribution in [2.45, 2.75) is 51.0 Å². The molecule has 0 aromatic carbocycles. The number of hydrogen-bond donors (Lipinski definition) is 4. The van der Waals surface area contributed by atoms with Crippen LogP contribution in [0.2, 0.25) is 0 Å². The number of nitrogens with one attached hydrogen (secondary N) is 2. The van der Waals surface area contributed by atoms with Crippen molar-refractivity contribution in [3.63, 3.8) is 0 Å². The van der Waals surface area contributed by atoms with Crippen LogP contribution in [0.25, 0.3) is 0 Å². The molecule has 1 saturated heterocycles. The molecule has 10 nitrogen and oxygen atoms in total. The minimum atomic E-state index is -1.49. The number of ether oxygens (including phenoxy) is 2. The topological polar surface area (TPSA) is 143 Å². The maximum Gasteiger partial charge on any atom is 0.408 e. The van der Waals surface area contributed by atoms with Crippen LogP contribution in [0.5, 0.6) is 0 Å². The van der Waals surface area contributed by atoms with Crippen molar-refractivity contribution in [2.24, 2.45) is 0 Å². The summed E-state index contributed by atoms with van der Waals surface area (Å²) >= 11 is 0. The zero-order valence-corrected chi connectivity index (χ0v) is 15.2. The van der Waals surface area contributed by atoms with E-state index in [1.54, 1.807) is 20.8 Å². The van der Waals surface area contributed by atoms with Gasteiger partial charge in [0.05, 0.1) is 31.9 Å². The summed E-state index contributed by atoms with van der Waals surface area (Å²) < 4.78 is 12.0. The molecule has 1 unspecified atom stereocenters. The second kappa shape index (κ2) is 7.22. The zero-order valence-electron chi connectivity index (χ0n) is 15.2. The molecule has 1 amide bonds. The number of H-pyrrole nitrogens is 1. The summed E-state index contributed by atoms with van der Waals surface area (Å²) in [4.78, 5) is 38.2. The van der Waals surface area contributed by atoms with E-state index in [0.29, 0.717) is 5.56 Å². The Morgan fingerprint density at radius 1 is 1.42 bits per heavy atom. The fourth-order valence-corrected chi connectivity index (χ4v) is 2.86. The fraction of sp³-hybridized carbons (Fsp3) is 0.688. The number of aliphatic hydroxyl groups is 2. The predicted molar refractivity (Wildman–Crippen MR) is 91.1 cm³/mol. The highest BCUT2D eigenvalue weighted by Crippen LogP contribution is 2.33. The Bertz CT molecular complexity index is 773. The molecule has 1 aliphatic rings. The first-order valence-corrected chi connectivity index (χ1v) is 8.20. The van der Waals surface area contributed by atoms with Crippen molar-refractivity contribution < 1.29 is 24.5 Å². The molecule has 4 N–H and O–H groups in total. The fourth-order valence-electron chi connectivity index (χ4n) is 2.86. The molecule has 1 aliphatic heterocycles. The van der Waals surface area contributed by atoms with Gasteiger partial charge >= 0.3 is 11.8 Å². The molecule has 1 aromatic heterocycles. The largest absolute Gasteiger partial charge is 0.444 e. The van der Waals surface area contributed by atoms with Crippen LogP contribution in [-0.2, 0) is 9.47 Å². The summed E-state index contributed by atoms with van der Waals surface area (Å²) in [6, 6.07) is -1.72. The third-order valence-electron chi connectivity index (χ3n) is 4.20. The molecular formula is C16H25N3O7. The van der Waals surface area contributed by atoms with E-state index < -0.39 is 53.8 Å². The minimum absolute atomic E-state index is 0.0625. The lowest BCUT2D eigenvalue weighted by Gasteiger charge is -2.33. The molecule has 0 bridgehead atoms. The van der Waals surface area contributed by atoms with Crippen LogP contribution in [0.15, 0.2) is 15.8 Å². The van der Waals surface area contributed by atoms with E-state index in [2.05, 4.69) is 10.3 Å². The molecule has 0 spiro atoms. The van der Waals surface area contributed by atoms with E-state index in [9.17, 15) is 24.6 Å². The summed E-state index contributed by atoms with van der Waals surface area (Å²) in [5.74, 6) is 0. The third-order valence-corrected chi connectivity index (χ3v) is 4.20. The summed E-state index contributed by atoms with van der Waals surface area (Å²) in [7, 11) is 0. The lowest BCUT2D eigenvalue weighted by molar-refractivity contribution is -0.0839. The highest BCUT2D eigenvalue weighted by atomic mass is 16.6. The van der Waals surface area contributed by atoms with Crippen LogP contribution >= 0.6 is 0 Å². The van der Waals surface area contributed by atoms with Gasteiger partial charge in [-0.1, -0.05) is 0 Å². The Kier molecular flexibility index (Phi) is 5.59. The van der Waals surface area contributed by atoms with Crippen molar-refractivity contribution in [1.82, 2.24) is 14.9 Å². The van der Waals surface area contributed by atoms with Crippen LogP contribution in [0.1, 0.15) is 32.4 Å². The molecule has 1 aromatic rings. The standard InChI is InChI=1S/C16H25N3O7/c1-9-5-19(13(23)18-12(9)22)10-6-25-16(7-20,8-21)11(10)17-14(24)26-15(2,3)4/h5,10-11,20-21H,6-8H2,1-4H3,(H,17,24)(H,18,22,23)/t10?,11-/m0/s1. The number of alkyl carbamates (subject to hydrolysis) is 1. The Hall–Kier alpha value is -2.17. The van der Waals surface area contributed by atoms with E-state index >= 15 is 0 Å². The molecule has 10 heteroatoms. The van der Waals surface area contributed by atoms with E-state index in [1.165, 1.54) is 17.7 Å². The number of hydrogen-bond acceptors (Lipinski definition) is 7. The number of aryl methyl sites for hydroxylation is 1. The first kappa shape index (κ1) is 20.1. The van der Waals surface area contributed by atoms with Gasteiger partial charge in [0, 0.05) is 11.8 Å². The Morgan fingerprint density at radius 3 is 2.58 bits per heavy atom. The van der Waals surface area contributed by atoms with E-state index in [4.69, 9.17) is 9.47 Å². The molecule has 2 rings (SSSR count). The second-order valence-electron chi connectivity index (χ2n) is 7.36. The van der Waals surface area contributed by atoms with Crippen molar-refractivity contribution in [3.05, 3.63) is 32.6 Å². The number of aliphatic hydroxyl groups excluding tert-OH is 2. The Morgan fingerprint density at radius 2 is 2.04 bits per heavy atom. The second-order valence-corrected chi connectivity index (χ2v) is 7.36. The van der Waals surface area contributed by atoms with Gasteiger partial charge in [0.15, 0.2) is 0 Å². The number of aromatic amines is 1. The summed E-state index contributed by atoms with van der Waals surface area (Å²) in [5.41, 5.74) is -3.16. The number of amides is 1. The molecular weight excluding hydrogens is 346 g/mol. The highest BCUT2D eigenvalue weighted by Gasteiger charge is 2.52. The molecule has 0 aliphatic carbocycles. The molecule has 146 valence electrons. The van der Waals surface area contributed by atoms with Gasteiger partial charge in [-0.2, -0.15) is 0 Å². The number of rotatable bonds is 4. The quantitative estimate of drug-likeness (QED) is 0.533. The summed E-state index contributed by atoms with van der Waals surface area (Å²) in [5, 5.41) is 22.1. The molecule has 26 heavy (non-hydrogen) atoms. The average Bonchev–Trinajstić information content (AvgIpc) is 2.88. The van der Waals surface area contributed by atoms with Gasteiger partial charge in [0.2, 0.25) is 0 Å². The first-order valence-electron chi connectivity index (χ1n) is 8.20. The molecule has 0 saturated carbocycles. The van der Waals surface area contributed by atoms with Gasteiger partial charge in [-0.25, -0.2) is 9.59 Å². The molecule has 1 fully saturated rings. The molecule has 2 atom stereocenters. The van der Waals surface area contributed by atoms with Gasteiger partial charge in [-0.05, 0) is 27.7 Å². The van der Waals surface area contributed by atoms with Gasteiger partial charge in [0.25, 0.3) is 5.56 Å². The van der Waals surface area contributed by atoms with Gasteiger partial charge in [-0.15, -0.1) is 0 Å². The predicted octanol–water partition coefficient (Wildman–Crippen LogP) is -0.967.